The molecule has 1 aromatic carbocycles. The number of rotatable bonds is 8. The molecule has 2 aromatic rings. The second kappa shape index (κ2) is 10.3. The predicted molar refractivity (Wildman–Crippen MR) is 112 cm³/mol. The highest BCUT2D eigenvalue weighted by atomic mass is 32.2. The molecule has 1 aliphatic rings. The summed E-state index contributed by atoms with van der Waals surface area (Å²) in [6, 6.07) is 6.36. The highest BCUT2D eigenvalue weighted by Crippen LogP contribution is 2.26. The SMILES string of the molecule is COC(=O)CSc1nnc(NC(=O)c2ccc(CS(=O)(=O)N3CCOCC3)cc2)s1. The monoisotopic (exact) mass is 472 g/mol. The Morgan fingerprint density at radius 1 is 1.23 bits per heavy atom. The average molecular weight is 473 g/mol. The molecule has 1 saturated heterocycles. The summed E-state index contributed by atoms with van der Waals surface area (Å²) in [5.41, 5.74) is 0.955. The van der Waals surface area contributed by atoms with Gasteiger partial charge in [-0.2, -0.15) is 4.31 Å². The zero-order chi connectivity index (χ0) is 21.6. The molecular formula is C17H20N4O6S3. The van der Waals surface area contributed by atoms with Crippen molar-refractivity contribution in [1.82, 2.24) is 14.5 Å². The summed E-state index contributed by atoms with van der Waals surface area (Å²) in [6.45, 7) is 1.49. The summed E-state index contributed by atoms with van der Waals surface area (Å²) < 4.78 is 36.6. The number of morpholine rings is 1. The van der Waals surface area contributed by atoms with Crippen LogP contribution in [0.1, 0.15) is 15.9 Å². The molecule has 0 bridgehead atoms. The van der Waals surface area contributed by atoms with Gasteiger partial charge in [0.2, 0.25) is 15.2 Å². The van der Waals surface area contributed by atoms with Crippen LogP contribution in [0.25, 0.3) is 0 Å². The van der Waals surface area contributed by atoms with Gasteiger partial charge in [0.1, 0.15) is 0 Å². The third-order valence-corrected chi connectivity index (χ3v) is 7.89. The maximum Gasteiger partial charge on any atom is 0.316 e. The number of amides is 1. The molecule has 2 heterocycles. The number of methoxy groups -OCH3 is 1. The minimum atomic E-state index is -3.43. The van der Waals surface area contributed by atoms with E-state index in [1.54, 1.807) is 24.3 Å². The Bertz CT molecular complexity index is 987. The topological polar surface area (TPSA) is 128 Å². The second-order valence-corrected chi connectivity index (χ2v) is 10.3. The van der Waals surface area contributed by atoms with Crippen molar-refractivity contribution in [1.29, 1.82) is 0 Å². The molecule has 0 unspecified atom stereocenters. The summed E-state index contributed by atoms with van der Waals surface area (Å²) in [7, 11) is -2.12. The molecule has 1 fully saturated rings. The van der Waals surface area contributed by atoms with Crippen LogP contribution in [-0.4, -0.2) is 74.0 Å². The van der Waals surface area contributed by atoms with Crippen molar-refractivity contribution in [2.75, 3.05) is 44.5 Å². The molecule has 0 aliphatic carbocycles. The number of esters is 1. The van der Waals surface area contributed by atoms with E-state index in [-0.39, 0.29) is 17.5 Å². The standard InChI is InChI=1S/C17H20N4O6S3/c1-26-14(22)10-28-17-20-19-16(29-17)18-15(23)13-4-2-12(3-5-13)11-30(24,25)21-6-8-27-9-7-21/h2-5H,6-11H2,1H3,(H,18,19,23). The molecule has 0 radical (unpaired) electrons. The molecule has 10 nitrogen and oxygen atoms in total. The lowest BCUT2D eigenvalue weighted by Crippen LogP contribution is -2.41. The highest BCUT2D eigenvalue weighted by Gasteiger charge is 2.24. The van der Waals surface area contributed by atoms with Crippen LogP contribution >= 0.6 is 23.1 Å². The van der Waals surface area contributed by atoms with Crippen LogP contribution in [0, 0.1) is 0 Å². The van der Waals surface area contributed by atoms with Gasteiger partial charge in [0, 0.05) is 18.7 Å². The van der Waals surface area contributed by atoms with Crippen molar-refractivity contribution >= 4 is 50.1 Å². The van der Waals surface area contributed by atoms with Crippen LogP contribution in [-0.2, 0) is 30.0 Å². The maximum atomic E-state index is 12.5. The van der Waals surface area contributed by atoms with Gasteiger partial charge in [0.05, 0.1) is 31.8 Å². The van der Waals surface area contributed by atoms with Crippen LogP contribution in [0.5, 0.6) is 0 Å². The van der Waals surface area contributed by atoms with Crippen LogP contribution in [0.15, 0.2) is 28.6 Å². The Kier molecular flexibility index (Phi) is 7.77. The zero-order valence-corrected chi connectivity index (χ0v) is 18.5. The Morgan fingerprint density at radius 2 is 1.93 bits per heavy atom. The third kappa shape index (κ3) is 6.22. The maximum absolute atomic E-state index is 12.5. The number of benzene rings is 1. The molecule has 1 N–H and O–H groups in total. The number of hydrogen-bond acceptors (Lipinski definition) is 10. The lowest BCUT2D eigenvalue weighted by Gasteiger charge is -2.26. The molecule has 30 heavy (non-hydrogen) atoms. The molecule has 13 heteroatoms. The van der Waals surface area contributed by atoms with Crippen molar-refractivity contribution in [2.24, 2.45) is 0 Å². The number of hydrogen-bond donors (Lipinski definition) is 1. The Morgan fingerprint density at radius 3 is 2.60 bits per heavy atom. The molecule has 1 aromatic heterocycles. The zero-order valence-electron chi connectivity index (χ0n) is 16.1. The van der Waals surface area contributed by atoms with Crippen molar-refractivity contribution in [3.63, 3.8) is 0 Å². The lowest BCUT2D eigenvalue weighted by atomic mass is 10.1. The number of carbonyl (C=O) groups excluding carboxylic acids is 2. The Labute approximate surface area is 182 Å². The van der Waals surface area contributed by atoms with E-state index in [0.29, 0.717) is 46.9 Å². The summed E-state index contributed by atoms with van der Waals surface area (Å²) in [6.07, 6.45) is 0. The fourth-order valence-corrected chi connectivity index (χ4v) is 5.63. The Balaban J connectivity index is 1.56. The summed E-state index contributed by atoms with van der Waals surface area (Å²) in [5.74, 6) is -0.797. The van der Waals surface area contributed by atoms with E-state index in [4.69, 9.17) is 4.74 Å². The smallest absolute Gasteiger partial charge is 0.316 e. The van der Waals surface area contributed by atoms with Crippen molar-refractivity contribution in [3.05, 3.63) is 35.4 Å². The minimum Gasteiger partial charge on any atom is -0.468 e. The first-order valence-corrected chi connectivity index (χ1v) is 12.3. The molecule has 162 valence electrons. The van der Waals surface area contributed by atoms with Gasteiger partial charge in [-0.15, -0.1) is 10.2 Å². The molecule has 0 saturated carbocycles. The fourth-order valence-electron chi connectivity index (χ4n) is 2.55. The number of ether oxygens (including phenoxy) is 2. The third-order valence-electron chi connectivity index (χ3n) is 4.10. The van der Waals surface area contributed by atoms with Crippen LogP contribution in [0.3, 0.4) is 0 Å². The van der Waals surface area contributed by atoms with E-state index in [1.165, 1.54) is 23.2 Å². The second-order valence-electron chi connectivity index (χ2n) is 6.16. The van der Waals surface area contributed by atoms with Crippen LogP contribution in [0.4, 0.5) is 5.13 Å². The van der Waals surface area contributed by atoms with E-state index < -0.39 is 15.9 Å². The van der Waals surface area contributed by atoms with Gasteiger partial charge >= 0.3 is 5.97 Å². The number of anilines is 1. The lowest BCUT2D eigenvalue weighted by molar-refractivity contribution is -0.137. The fraction of sp³-hybridized carbons (Fsp3) is 0.412. The summed E-state index contributed by atoms with van der Waals surface area (Å²) in [4.78, 5) is 23.5. The molecule has 0 spiro atoms. The number of nitrogens with one attached hydrogen (secondary N) is 1. The molecule has 3 rings (SSSR count). The first-order valence-electron chi connectivity index (χ1n) is 8.86. The molecular weight excluding hydrogens is 452 g/mol. The van der Waals surface area contributed by atoms with E-state index in [0.717, 1.165) is 11.3 Å². The molecule has 0 atom stereocenters. The molecule has 1 aliphatic heterocycles. The van der Waals surface area contributed by atoms with Crippen molar-refractivity contribution in [2.45, 2.75) is 10.1 Å². The first-order chi connectivity index (χ1) is 14.4. The summed E-state index contributed by atoms with van der Waals surface area (Å²) in [5, 5.41) is 10.7. The van der Waals surface area contributed by atoms with Crippen molar-refractivity contribution in [3.8, 4) is 0 Å². The van der Waals surface area contributed by atoms with Gasteiger partial charge in [-0.1, -0.05) is 35.2 Å². The number of aromatic nitrogens is 2. The highest BCUT2D eigenvalue weighted by molar-refractivity contribution is 8.01. The van der Waals surface area contributed by atoms with E-state index in [1.807, 2.05) is 0 Å². The number of carbonyl (C=O) groups is 2. The predicted octanol–water partition coefficient (Wildman–Crippen LogP) is 1.22. The Hall–Kier alpha value is -2.06. The van der Waals surface area contributed by atoms with Crippen molar-refractivity contribution < 1.29 is 27.5 Å². The van der Waals surface area contributed by atoms with E-state index >= 15 is 0 Å². The van der Waals surface area contributed by atoms with Crippen LogP contribution in [0.2, 0.25) is 0 Å². The number of thioether (sulfide) groups is 1. The van der Waals surface area contributed by atoms with Gasteiger partial charge in [0.15, 0.2) is 4.34 Å². The van der Waals surface area contributed by atoms with Gasteiger partial charge in [-0.25, -0.2) is 8.42 Å². The van der Waals surface area contributed by atoms with Gasteiger partial charge in [-0.3, -0.25) is 14.9 Å². The molecule has 1 amide bonds. The van der Waals surface area contributed by atoms with Gasteiger partial charge in [-0.05, 0) is 17.7 Å². The van der Waals surface area contributed by atoms with E-state index in [2.05, 4.69) is 20.3 Å². The summed E-state index contributed by atoms with van der Waals surface area (Å²) >= 11 is 2.31. The number of sulfonamides is 1. The largest absolute Gasteiger partial charge is 0.468 e. The van der Waals surface area contributed by atoms with Gasteiger partial charge < -0.3 is 9.47 Å². The number of nitrogens with zero attached hydrogens (tertiary/aromatic N) is 3. The quantitative estimate of drug-likeness (QED) is 0.342. The normalized spacial score (nSPS) is 15.0. The average Bonchev–Trinajstić information content (AvgIpc) is 3.20. The minimum absolute atomic E-state index is 0.105. The van der Waals surface area contributed by atoms with E-state index in [9.17, 15) is 18.0 Å². The van der Waals surface area contributed by atoms with Crippen LogP contribution < -0.4 is 5.32 Å². The van der Waals surface area contributed by atoms with Gasteiger partial charge in [0.25, 0.3) is 5.91 Å². The first kappa shape index (κ1) is 22.6.